The number of nitrogens with zero attached hydrogens (tertiary/aromatic N) is 1. The van der Waals surface area contributed by atoms with Crippen LogP contribution in [0, 0.1) is 0 Å². The van der Waals surface area contributed by atoms with Crippen molar-refractivity contribution in [3.8, 4) is 11.5 Å². The molecule has 0 unspecified atom stereocenters. The monoisotopic (exact) mass is 392 g/mol. The predicted molar refractivity (Wildman–Crippen MR) is 106 cm³/mol. The number of sulfonamides is 1. The summed E-state index contributed by atoms with van der Waals surface area (Å²) >= 11 is 0. The number of hydrogen-bond acceptors (Lipinski definition) is 5. The molecule has 2 rings (SSSR count). The summed E-state index contributed by atoms with van der Waals surface area (Å²) in [4.78, 5) is 12.6. The van der Waals surface area contributed by atoms with E-state index in [1.807, 2.05) is 6.92 Å². The average Bonchev–Trinajstić information content (AvgIpc) is 2.65. The number of amides is 1. The topological polar surface area (TPSA) is 84.9 Å². The number of nitrogens with one attached hydrogen (secondary N) is 1. The Bertz CT molecular complexity index is 898. The first kappa shape index (κ1) is 20.6. The number of methoxy groups -OCH3 is 1. The molecule has 0 spiro atoms. The minimum atomic E-state index is -3.39. The Morgan fingerprint density at radius 2 is 1.81 bits per heavy atom. The van der Waals surface area contributed by atoms with Crippen molar-refractivity contribution in [1.29, 1.82) is 0 Å². The van der Waals surface area contributed by atoms with Crippen LogP contribution in [0.4, 0.5) is 11.4 Å². The van der Waals surface area contributed by atoms with Crippen molar-refractivity contribution in [2.45, 2.75) is 19.4 Å². The summed E-state index contributed by atoms with van der Waals surface area (Å²) < 4.78 is 35.4. The molecule has 1 amide bonds. The lowest BCUT2D eigenvalue weighted by Gasteiger charge is -2.19. The normalized spacial score (nSPS) is 12.1. The SMILES string of the molecule is CC[C@@H](Oc1cccc(OC)c1)C(=O)Nc1cccc(N(C)S(C)(=O)=O)c1. The van der Waals surface area contributed by atoms with Crippen molar-refractivity contribution in [3.63, 3.8) is 0 Å². The van der Waals surface area contributed by atoms with Crippen molar-refractivity contribution in [2.24, 2.45) is 0 Å². The second kappa shape index (κ2) is 8.77. The van der Waals surface area contributed by atoms with E-state index in [1.54, 1.807) is 55.6 Å². The van der Waals surface area contributed by atoms with Gasteiger partial charge in [-0.05, 0) is 36.8 Å². The Morgan fingerprint density at radius 3 is 2.44 bits per heavy atom. The summed E-state index contributed by atoms with van der Waals surface area (Å²) in [5, 5.41) is 2.77. The maximum atomic E-state index is 12.6. The molecule has 7 nitrogen and oxygen atoms in total. The highest BCUT2D eigenvalue weighted by atomic mass is 32.2. The van der Waals surface area contributed by atoms with E-state index in [4.69, 9.17) is 9.47 Å². The Labute approximate surface area is 160 Å². The Hall–Kier alpha value is -2.74. The summed E-state index contributed by atoms with van der Waals surface area (Å²) in [6, 6.07) is 13.6. The Balaban J connectivity index is 2.12. The molecule has 0 aliphatic carbocycles. The molecule has 0 radical (unpaired) electrons. The molecule has 8 heteroatoms. The van der Waals surface area contributed by atoms with Crippen LogP contribution in [0.2, 0.25) is 0 Å². The van der Waals surface area contributed by atoms with Crippen LogP contribution in [-0.2, 0) is 14.8 Å². The van der Waals surface area contributed by atoms with Crippen molar-refractivity contribution in [1.82, 2.24) is 0 Å². The fourth-order valence-corrected chi connectivity index (χ4v) is 2.85. The van der Waals surface area contributed by atoms with E-state index in [1.165, 1.54) is 7.05 Å². The van der Waals surface area contributed by atoms with Crippen LogP contribution in [-0.4, -0.2) is 40.8 Å². The molecule has 0 aromatic heterocycles. The van der Waals surface area contributed by atoms with Crippen molar-refractivity contribution in [3.05, 3.63) is 48.5 Å². The predicted octanol–water partition coefficient (Wildman–Crippen LogP) is 2.89. The summed E-state index contributed by atoms with van der Waals surface area (Å²) in [6.07, 6.45) is 0.882. The molecular formula is C19H24N2O5S. The van der Waals surface area contributed by atoms with Gasteiger partial charge in [-0.3, -0.25) is 9.10 Å². The first-order valence-corrected chi connectivity index (χ1v) is 10.2. The first-order chi connectivity index (χ1) is 12.7. The lowest BCUT2D eigenvalue weighted by atomic mass is 10.2. The van der Waals surface area contributed by atoms with E-state index in [2.05, 4.69) is 5.32 Å². The van der Waals surface area contributed by atoms with Crippen molar-refractivity contribution < 1.29 is 22.7 Å². The summed E-state index contributed by atoms with van der Waals surface area (Å²) in [7, 11) is -0.371. The van der Waals surface area contributed by atoms with Gasteiger partial charge in [0.2, 0.25) is 10.0 Å². The Morgan fingerprint density at radius 1 is 1.15 bits per heavy atom. The van der Waals surface area contributed by atoms with Gasteiger partial charge in [0.15, 0.2) is 6.10 Å². The van der Waals surface area contributed by atoms with Crippen LogP contribution in [0.25, 0.3) is 0 Å². The molecule has 0 aliphatic rings. The molecule has 0 heterocycles. The van der Waals surface area contributed by atoms with Gasteiger partial charge in [-0.1, -0.05) is 19.1 Å². The molecule has 0 saturated heterocycles. The zero-order valence-electron chi connectivity index (χ0n) is 15.8. The average molecular weight is 392 g/mol. The van der Waals surface area contributed by atoms with Crippen LogP contribution >= 0.6 is 0 Å². The van der Waals surface area contributed by atoms with Gasteiger partial charge in [0.1, 0.15) is 11.5 Å². The first-order valence-electron chi connectivity index (χ1n) is 8.40. The van der Waals surface area contributed by atoms with Crippen LogP contribution in [0.3, 0.4) is 0 Å². The van der Waals surface area contributed by atoms with Crippen LogP contribution in [0.15, 0.2) is 48.5 Å². The van der Waals surface area contributed by atoms with E-state index in [0.29, 0.717) is 29.3 Å². The fraction of sp³-hybridized carbons (Fsp3) is 0.316. The third-order valence-corrected chi connectivity index (χ3v) is 5.16. The quantitative estimate of drug-likeness (QED) is 0.747. The zero-order chi connectivity index (χ0) is 20.0. The summed E-state index contributed by atoms with van der Waals surface area (Å²) in [5.74, 6) is 0.848. The van der Waals surface area contributed by atoms with Crippen molar-refractivity contribution in [2.75, 3.05) is 30.0 Å². The number of anilines is 2. The molecule has 2 aromatic carbocycles. The minimum absolute atomic E-state index is 0.320. The maximum Gasteiger partial charge on any atom is 0.265 e. The molecular weight excluding hydrogens is 368 g/mol. The third-order valence-electron chi connectivity index (χ3n) is 3.96. The molecule has 146 valence electrons. The zero-order valence-corrected chi connectivity index (χ0v) is 16.6. The van der Waals surface area contributed by atoms with E-state index in [0.717, 1.165) is 10.6 Å². The number of carbonyl (C=O) groups is 1. The van der Waals surface area contributed by atoms with Gasteiger partial charge in [-0.25, -0.2) is 8.42 Å². The second-order valence-electron chi connectivity index (χ2n) is 5.96. The smallest absolute Gasteiger partial charge is 0.265 e. The molecule has 27 heavy (non-hydrogen) atoms. The second-order valence-corrected chi connectivity index (χ2v) is 7.98. The van der Waals surface area contributed by atoms with Crippen LogP contribution < -0.4 is 19.1 Å². The van der Waals surface area contributed by atoms with Crippen LogP contribution in [0.1, 0.15) is 13.3 Å². The number of ether oxygens (including phenoxy) is 2. The van der Waals surface area contributed by atoms with E-state index >= 15 is 0 Å². The maximum absolute atomic E-state index is 12.6. The van der Waals surface area contributed by atoms with Gasteiger partial charge < -0.3 is 14.8 Å². The van der Waals surface area contributed by atoms with Crippen molar-refractivity contribution >= 4 is 27.3 Å². The van der Waals surface area contributed by atoms with Gasteiger partial charge >= 0.3 is 0 Å². The van der Waals surface area contributed by atoms with E-state index in [-0.39, 0.29) is 5.91 Å². The molecule has 2 aromatic rings. The number of benzene rings is 2. The van der Waals surface area contributed by atoms with Crippen LogP contribution in [0.5, 0.6) is 11.5 Å². The lowest BCUT2D eigenvalue weighted by Crippen LogP contribution is -2.32. The molecule has 1 atom stereocenters. The molecule has 0 fully saturated rings. The van der Waals surface area contributed by atoms with Gasteiger partial charge in [0.05, 0.1) is 19.1 Å². The summed E-state index contributed by atoms with van der Waals surface area (Å²) in [5.41, 5.74) is 0.942. The highest BCUT2D eigenvalue weighted by Crippen LogP contribution is 2.23. The largest absolute Gasteiger partial charge is 0.497 e. The standard InChI is InChI=1S/C19H24N2O5S/c1-5-18(26-17-11-7-10-16(13-17)25-3)19(22)20-14-8-6-9-15(12-14)21(2)27(4,23)24/h6-13,18H,5H2,1-4H3,(H,20,22)/t18-/m1/s1. The Kier molecular flexibility index (Phi) is 6.68. The van der Waals surface area contributed by atoms with E-state index in [9.17, 15) is 13.2 Å². The third kappa shape index (κ3) is 5.62. The molecule has 0 saturated carbocycles. The molecule has 1 N–H and O–H groups in total. The minimum Gasteiger partial charge on any atom is -0.497 e. The van der Waals surface area contributed by atoms with E-state index < -0.39 is 16.1 Å². The van der Waals surface area contributed by atoms with Gasteiger partial charge in [0.25, 0.3) is 5.91 Å². The van der Waals surface area contributed by atoms with Gasteiger partial charge in [-0.2, -0.15) is 0 Å². The number of carbonyl (C=O) groups excluding carboxylic acids is 1. The number of rotatable bonds is 8. The highest BCUT2D eigenvalue weighted by Gasteiger charge is 2.19. The highest BCUT2D eigenvalue weighted by molar-refractivity contribution is 7.92. The van der Waals surface area contributed by atoms with Gasteiger partial charge in [-0.15, -0.1) is 0 Å². The molecule has 0 aliphatic heterocycles. The molecule has 0 bridgehead atoms. The fourth-order valence-electron chi connectivity index (χ4n) is 2.35. The summed E-state index contributed by atoms with van der Waals surface area (Å²) in [6.45, 7) is 1.85. The number of hydrogen-bond donors (Lipinski definition) is 1. The van der Waals surface area contributed by atoms with Gasteiger partial charge in [0, 0.05) is 18.8 Å². The lowest BCUT2D eigenvalue weighted by molar-refractivity contribution is -0.122.